The van der Waals surface area contributed by atoms with Gasteiger partial charge in [-0.2, -0.15) is 0 Å². The number of rotatable bonds is 6. The lowest BCUT2D eigenvalue weighted by Gasteiger charge is -2.00. The predicted octanol–water partition coefficient (Wildman–Crippen LogP) is 1.81. The third-order valence-corrected chi connectivity index (χ3v) is 2.62. The molecule has 0 unspecified atom stereocenters. The quantitative estimate of drug-likeness (QED) is 0.495. The summed E-state index contributed by atoms with van der Waals surface area (Å²) in [6.45, 7) is 3.46. The van der Waals surface area contributed by atoms with Crippen LogP contribution in [0, 0.1) is 15.9 Å². The average molecular weight is 279 g/mol. The Bertz CT molecular complexity index is 614. The second-order valence-electron chi connectivity index (χ2n) is 4.26. The van der Waals surface area contributed by atoms with E-state index in [-0.39, 0.29) is 11.4 Å². The smallest absolute Gasteiger partial charge is 0.274 e. The van der Waals surface area contributed by atoms with E-state index in [1.165, 1.54) is 16.8 Å². The Morgan fingerprint density at radius 1 is 1.45 bits per heavy atom. The van der Waals surface area contributed by atoms with Gasteiger partial charge in [0, 0.05) is 18.7 Å². The minimum Gasteiger partial charge on any atom is -0.311 e. The van der Waals surface area contributed by atoms with Gasteiger partial charge in [-0.3, -0.25) is 10.1 Å². The van der Waals surface area contributed by atoms with Crippen LogP contribution in [0.4, 0.5) is 10.1 Å². The minimum atomic E-state index is -0.685. The molecule has 2 rings (SSSR count). The summed E-state index contributed by atoms with van der Waals surface area (Å²) in [5.41, 5.74) is 0.637. The van der Waals surface area contributed by atoms with Crippen LogP contribution in [0.1, 0.15) is 19.0 Å². The molecule has 2 aromatic rings. The summed E-state index contributed by atoms with van der Waals surface area (Å²) in [5.74, 6) is -0.685. The largest absolute Gasteiger partial charge is 0.311 e. The van der Waals surface area contributed by atoms with Gasteiger partial charge >= 0.3 is 0 Å². The van der Waals surface area contributed by atoms with Crippen LogP contribution >= 0.6 is 0 Å². The lowest BCUT2D eigenvalue weighted by molar-refractivity contribution is -0.385. The standard InChI is InChI=1S/C12H14FN5O2/c1-2-3-14-7-10-8-17(16-15-10)11-4-9(13)5-12(6-11)18(19)20/h4-6,8,14H,2-3,7H2,1H3. The van der Waals surface area contributed by atoms with Crippen molar-refractivity contribution in [3.05, 3.63) is 46.0 Å². The normalized spacial score (nSPS) is 10.7. The molecular weight excluding hydrogens is 265 g/mol. The molecule has 0 radical (unpaired) electrons. The maximum Gasteiger partial charge on any atom is 0.274 e. The van der Waals surface area contributed by atoms with Gasteiger partial charge in [-0.15, -0.1) is 5.10 Å². The molecule has 0 amide bonds. The number of nitro benzene ring substituents is 1. The van der Waals surface area contributed by atoms with Gasteiger partial charge < -0.3 is 5.32 Å². The fraction of sp³-hybridized carbons (Fsp3) is 0.333. The van der Waals surface area contributed by atoms with E-state index in [0.717, 1.165) is 19.0 Å². The maximum atomic E-state index is 13.4. The van der Waals surface area contributed by atoms with Gasteiger partial charge in [-0.1, -0.05) is 12.1 Å². The van der Waals surface area contributed by atoms with E-state index in [4.69, 9.17) is 0 Å². The lowest BCUT2D eigenvalue weighted by Crippen LogP contribution is -2.13. The molecule has 0 bridgehead atoms. The third-order valence-electron chi connectivity index (χ3n) is 2.62. The summed E-state index contributed by atoms with van der Waals surface area (Å²) in [5, 5.41) is 21.6. The summed E-state index contributed by atoms with van der Waals surface area (Å²) in [6.07, 6.45) is 2.62. The van der Waals surface area contributed by atoms with Crippen molar-refractivity contribution >= 4 is 5.69 Å². The summed E-state index contributed by atoms with van der Waals surface area (Å²) < 4.78 is 14.7. The van der Waals surface area contributed by atoms with E-state index >= 15 is 0 Å². The monoisotopic (exact) mass is 279 g/mol. The van der Waals surface area contributed by atoms with E-state index in [2.05, 4.69) is 22.6 Å². The van der Waals surface area contributed by atoms with Crippen LogP contribution in [0.3, 0.4) is 0 Å². The SMILES string of the molecule is CCCNCc1cn(-c2cc(F)cc([N+](=O)[O-])c2)nn1. The summed E-state index contributed by atoms with van der Waals surface area (Å²) in [7, 11) is 0. The number of non-ortho nitro benzene ring substituents is 1. The number of halogens is 1. The maximum absolute atomic E-state index is 13.4. The molecule has 0 aliphatic rings. The van der Waals surface area contributed by atoms with E-state index < -0.39 is 10.7 Å². The van der Waals surface area contributed by atoms with Crippen LogP contribution in [-0.2, 0) is 6.54 Å². The zero-order valence-electron chi connectivity index (χ0n) is 10.9. The molecule has 106 valence electrons. The molecule has 1 heterocycles. The molecule has 1 aromatic carbocycles. The highest BCUT2D eigenvalue weighted by atomic mass is 19.1. The first kappa shape index (κ1) is 14.1. The molecule has 8 heteroatoms. The first-order chi connectivity index (χ1) is 9.60. The highest BCUT2D eigenvalue weighted by Gasteiger charge is 2.12. The van der Waals surface area contributed by atoms with Crippen molar-refractivity contribution in [2.24, 2.45) is 0 Å². The number of aromatic nitrogens is 3. The fourth-order valence-corrected chi connectivity index (χ4v) is 1.70. The van der Waals surface area contributed by atoms with Crippen molar-refractivity contribution in [3.63, 3.8) is 0 Å². The number of hydrogen-bond acceptors (Lipinski definition) is 5. The van der Waals surface area contributed by atoms with E-state index in [1.54, 1.807) is 6.20 Å². The van der Waals surface area contributed by atoms with Gasteiger partial charge in [0.25, 0.3) is 5.69 Å². The van der Waals surface area contributed by atoms with Gasteiger partial charge in [-0.05, 0) is 13.0 Å². The summed E-state index contributed by atoms with van der Waals surface area (Å²) in [4.78, 5) is 10.1. The zero-order chi connectivity index (χ0) is 14.5. The second-order valence-corrected chi connectivity index (χ2v) is 4.26. The van der Waals surface area contributed by atoms with Crippen LogP contribution in [-0.4, -0.2) is 26.5 Å². The van der Waals surface area contributed by atoms with Gasteiger partial charge in [0.2, 0.25) is 0 Å². The Labute approximate surface area is 114 Å². The minimum absolute atomic E-state index is 0.269. The lowest BCUT2D eigenvalue weighted by atomic mass is 10.2. The van der Waals surface area contributed by atoms with E-state index in [1.807, 2.05) is 0 Å². The molecular formula is C12H14FN5O2. The van der Waals surface area contributed by atoms with Crippen molar-refractivity contribution in [2.75, 3.05) is 6.54 Å². The molecule has 0 aliphatic heterocycles. The van der Waals surface area contributed by atoms with E-state index in [9.17, 15) is 14.5 Å². The Kier molecular flexibility index (Phi) is 4.36. The van der Waals surface area contributed by atoms with Gasteiger partial charge in [0.15, 0.2) is 0 Å². The number of hydrogen-bond donors (Lipinski definition) is 1. The molecule has 0 atom stereocenters. The van der Waals surface area contributed by atoms with Crippen LogP contribution in [0.5, 0.6) is 0 Å². The third kappa shape index (κ3) is 3.35. The average Bonchev–Trinajstić information content (AvgIpc) is 2.87. The van der Waals surface area contributed by atoms with Gasteiger partial charge in [0.1, 0.15) is 5.82 Å². The summed E-state index contributed by atoms with van der Waals surface area (Å²) in [6, 6.07) is 3.29. The van der Waals surface area contributed by atoms with Crippen LogP contribution in [0.2, 0.25) is 0 Å². The Morgan fingerprint density at radius 2 is 2.25 bits per heavy atom. The van der Waals surface area contributed by atoms with Gasteiger partial charge in [-0.25, -0.2) is 9.07 Å². The highest BCUT2D eigenvalue weighted by molar-refractivity contribution is 5.43. The molecule has 0 saturated heterocycles. The Balaban J connectivity index is 2.21. The van der Waals surface area contributed by atoms with Crippen molar-refractivity contribution < 1.29 is 9.31 Å². The highest BCUT2D eigenvalue weighted by Crippen LogP contribution is 2.18. The Hall–Kier alpha value is -2.35. The molecule has 1 aromatic heterocycles. The van der Waals surface area contributed by atoms with Crippen LogP contribution in [0.15, 0.2) is 24.4 Å². The topological polar surface area (TPSA) is 85.9 Å². The molecule has 20 heavy (non-hydrogen) atoms. The number of nitro groups is 1. The van der Waals surface area contributed by atoms with Crippen molar-refractivity contribution in [3.8, 4) is 5.69 Å². The molecule has 7 nitrogen and oxygen atoms in total. The van der Waals surface area contributed by atoms with Gasteiger partial charge in [0.05, 0.1) is 28.6 Å². The fourth-order valence-electron chi connectivity index (χ4n) is 1.70. The molecule has 1 N–H and O–H groups in total. The molecule has 0 aliphatic carbocycles. The zero-order valence-corrected chi connectivity index (χ0v) is 10.9. The number of nitrogens with zero attached hydrogens (tertiary/aromatic N) is 4. The van der Waals surface area contributed by atoms with Crippen molar-refractivity contribution in [1.29, 1.82) is 0 Å². The van der Waals surface area contributed by atoms with Crippen molar-refractivity contribution in [2.45, 2.75) is 19.9 Å². The van der Waals surface area contributed by atoms with Crippen LogP contribution in [0.25, 0.3) is 5.69 Å². The Morgan fingerprint density at radius 3 is 2.95 bits per heavy atom. The second kappa shape index (κ2) is 6.20. The van der Waals surface area contributed by atoms with Crippen molar-refractivity contribution in [1.82, 2.24) is 20.3 Å². The first-order valence-electron chi connectivity index (χ1n) is 6.17. The van der Waals surface area contributed by atoms with Crippen LogP contribution < -0.4 is 5.32 Å². The predicted molar refractivity (Wildman–Crippen MR) is 70.0 cm³/mol. The molecule has 0 saturated carbocycles. The summed E-state index contributed by atoms with van der Waals surface area (Å²) >= 11 is 0. The first-order valence-corrected chi connectivity index (χ1v) is 6.17. The molecule has 0 spiro atoms. The molecule has 0 fully saturated rings. The van der Waals surface area contributed by atoms with E-state index in [0.29, 0.717) is 12.2 Å². The number of benzene rings is 1. The number of nitrogens with one attached hydrogen (secondary N) is 1.